The molecule has 0 aliphatic heterocycles. The largest absolute Gasteiger partial charge is 0.351 e. The van der Waals surface area contributed by atoms with E-state index in [1.165, 1.54) is 11.3 Å². The molecule has 110 valence electrons. The number of nitrogens with zero attached hydrogens (tertiary/aromatic N) is 2. The summed E-state index contributed by atoms with van der Waals surface area (Å²) < 4.78 is 2.06. The highest BCUT2D eigenvalue weighted by molar-refractivity contribution is 7.19. The van der Waals surface area contributed by atoms with E-state index in [9.17, 15) is 4.79 Å². The van der Waals surface area contributed by atoms with Crippen LogP contribution in [0.1, 0.15) is 36.1 Å². The molecule has 2 aromatic heterocycles. The van der Waals surface area contributed by atoms with Crippen molar-refractivity contribution >= 4 is 33.2 Å². The van der Waals surface area contributed by atoms with Crippen molar-refractivity contribution in [1.82, 2.24) is 14.7 Å². The summed E-state index contributed by atoms with van der Waals surface area (Å²) in [6, 6.07) is 8.00. The number of fused-ring (bicyclic) bond motifs is 3. The molecule has 0 radical (unpaired) electrons. The Labute approximate surface area is 127 Å². The first-order valence-electron chi connectivity index (χ1n) is 7.01. The first-order valence-corrected chi connectivity index (χ1v) is 7.83. The number of aryl methyl sites for hydroxylation is 1. The van der Waals surface area contributed by atoms with Gasteiger partial charge in [-0.05, 0) is 24.5 Å². The van der Waals surface area contributed by atoms with Crippen LogP contribution in [0.15, 0.2) is 24.3 Å². The zero-order valence-electron chi connectivity index (χ0n) is 12.7. The smallest absolute Gasteiger partial charge is 0.263 e. The van der Waals surface area contributed by atoms with Gasteiger partial charge in [-0.1, -0.05) is 44.2 Å². The second-order valence-electron chi connectivity index (χ2n) is 6.48. The van der Waals surface area contributed by atoms with Gasteiger partial charge < -0.3 is 5.32 Å². The van der Waals surface area contributed by atoms with Crippen molar-refractivity contribution in [2.24, 2.45) is 5.41 Å². The zero-order chi connectivity index (χ0) is 15.2. The van der Waals surface area contributed by atoms with Crippen LogP contribution in [-0.2, 0) is 0 Å². The summed E-state index contributed by atoms with van der Waals surface area (Å²) in [4.78, 5) is 18.6. The lowest BCUT2D eigenvalue weighted by atomic mass is 9.97. The van der Waals surface area contributed by atoms with Gasteiger partial charge in [0.25, 0.3) is 5.91 Å². The van der Waals surface area contributed by atoms with Gasteiger partial charge in [-0.2, -0.15) is 0 Å². The molecule has 0 atom stereocenters. The maximum Gasteiger partial charge on any atom is 0.263 e. The van der Waals surface area contributed by atoms with E-state index in [4.69, 9.17) is 0 Å². The lowest BCUT2D eigenvalue weighted by Crippen LogP contribution is -2.32. The van der Waals surface area contributed by atoms with E-state index in [2.05, 4.69) is 35.5 Å². The van der Waals surface area contributed by atoms with E-state index < -0.39 is 0 Å². The van der Waals surface area contributed by atoms with Crippen molar-refractivity contribution in [2.75, 3.05) is 6.54 Å². The Morgan fingerprint density at radius 1 is 1.33 bits per heavy atom. The highest BCUT2D eigenvalue weighted by Gasteiger charge is 2.20. The topological polar surface area (TPSA) is 46.4 Å². The second-order valence-corrected chi connectivity index (χ2v) is 7.46. The number of rotatable bonds is 2. The molecule has 0 bridgehead atoms. The Hall–Kier alpha value is -1.88. The zero-order valence-corrected chi connectivity index (χ0v) is 13.5. The van der Waals surface area contributed by atoms with E-state index in [1.807, 2.05) is 31.2 Å². The predicted octanol–water partition coefficient (Wildman–Crippen LogP) is 3.63. The second kappa shape index (κ2) is 4.84. The molecular weight excluding hydrogens is 282 g/mol. The Morgan fingerprint density at radius 2 is 2.05 bits per heavy atom. The van der Waals surface area contributed by atoms with Gasteiger partial charge in [0, 0.05) is 12.2 Å². The van der Waals surface area contributed by atoms with Crippen LogP contribution in [0.5, 0.6) is 0 Å². The maximum atomic E-state index is 12.4. The summed E-state index contributed by atoms with van der Waals surface area (Å²) >= 11 is 1.45. The standard InChI is InChI=1S/C16H19N3OS/c1-10-13(14(20)17-9-16(2,3)4)21-15-18-11-7-5-6-8-12(11)19(10)15/h5-8H,9H2,1-4H3,(H,17,20). The summed E-state index contributed by atoms with van der Waals surface area (Å²) in [5, 5.41) is 3.01. The normalized spacial score (nSPS) is 12.2. The minimum absolute atomic E-state index is 0.0120. The number of carbonyl (C=O) groups excluding carboxylic acids is 1. The molecule has 3 aromatic rings. The van der Waals surface area contributed by atoms with Gasteiger partial charge in [-0.15, -0.1) is 0 Å². The Bertz CT molecular complexity index is 823. The Kier molecular flexibility index (Phi) is 3.24. The average molecular weight is 301 g/mol. The van der Waals surface area contributed by atoms with Crippen molar-refractivity contribution in [3.63, 3.8) is 0 Å². The number of aromatic nitrogens is 2. The molecule has 3 rings (SSSR count). The summed E-state index contributed by atoms with van der Waals surface area (Å²) in [6.45, 7) is 8.95. The van der Waals surface area contributed by atoms with Crippen LogP contribution in [0.4, 0.5) is 0 Å². The molecule has 1 N–H and O–H groups in total. The molecule has 0 saturated heterocycles. The molecule has 0 aliphatic carbocycles. The summed E-state index contributed by atoms with van der Waals surface area (Å²) in [6.07, 6.45) is 0. The molecule has 0 aliphatic rings. The fourth-order valence-electron chi connectivity index (χ4n) is 2.30. The fourth-order valence-corrected chi connectivity index (χ4v) is 3.36. The van der Waals surface area contributed by atoms with Crippen molar-refractivity contribution in [3.8, 4) is 0 Å². The van der Waals surface area contributed by atoms with Gasteiger partial charge >= 0.3 is 0 Å². The molecule has 1 amide bonds. The highest BCUT2D eigenvalue weighted by atomic mass is 32.1. The van der Waals surface area contributed by atoms with Gasteiger partial charge in [0.05, 0.1) is 11.0 Å². The average Bonchev–Trinajstić information content (AvgIpc) is 2.92. The maximum absolute atomic E-state index is 12.4. The van der Waals surface area contributed by atoms with Crippen molar-refractivity contribution in [2.45, 2.75) is 27.7 Å². The van der Waals surface area contributed by atoms with Crippen molar-refractivity contribution in [3.05, 3.63) is 34.8 Å². The number of benzene rings is 1. The number of nitrogens with one attached hydrogen (secondary N) is 1. The third-order valence-electron chi connectivity index (χ3n) is 3.37. The minimum atomic E-state index is -0.0120. The number of amides is 1. The van der Waals surface area contributed by atoms with E-state index >= 15 is 0 Å². The van der Waals surface area contributed by atoms with E-state index in [1.54, 1.807) is 0 Å². The first kappa shape index (κ1) is 14.1. The summed E-state index contributed by atoms with van der Waals surface area (Å²) in [7, 11) is 0. The third kappa shape index (κ3) is 2.53. The molecule has 0 fully saturated rings. The number of hydrogen-bond donors (Lipinski definition) is 1. The lowest BCUT2D eigenvalue weighted by Gasteiger charge is -2.18. The molecule has 4 nitrogen and oxygen atoms in total. The van der Waals surface area contributed by atoms with Gasteiger partial charge in [-0.3, -0.25) is 9.20 Å². The third-order valence-corrected chi connectivity index (χ3v) is 4.51. The number of para-hydroxylation sites is 2. The predicted molar refractivity (Wildman–Crippen MR) is 87.1 cm³/mol. The fraction of sp³-hybridized carbons (Fsp3) is 0.375. The van der Waals surface area contributed by atoms with E-state index in [0.29, 0.717) is 6.54 Å². The number of hydrogen-bond acceptors (Lipinski definition) is 3. The molecular formula is C16H19N3OS. The van der Waals surface area contributed by atoms with Crippen LogP contribution < -0.4 is 5.32 Å². The van der Waals surface area contributed by atoms with Crippen LogP contribution in [0.2, 0.25) is 0 Å². The first-order chi connectivity index (χ1) is 9.87. The van der Waals surface area contributed by atoms with Crippen LogP contribution in [0.3, 0.4) is 0 Å². The number of carbonyl (C=O) groups is 1. The van der Waals surface area contributed by atoms with Crippen LogP contribution in [0.25, 0.3) is 16.0 Å². The van der Waals surface area contributed by atoms with Gasteiger partial charge in [0.1, 0.15) is 4.88 Å². The molecule has 21 heavy (non-hydrogen) atoms. The Morgan fingerprint density at radius 3 is 2.76 bits per heavy atom. The van der Waals surface area contributed by atoms with E-state index in [-0.39, 0.29) is 11.3 Å². The Balaban J connectivity index is 2.00. The monoisotopic (exact) mass is 301 g/mol. The van der Waals surface area contributed by atoms with Crippen LogP contribution in [0, 0.1) is 12.3 Å². The van der Waals surface area contributed by atoms with Crippen LogP contribution in [-0.4, -0.2) is 21.8 Å². The SMILES string of the molecule is Cc1c(C(=O)NCC(C)(C)C)sc2nc3ccccc3n12. The van der Waals surface area contributed by atoms with E-state index in [0.717, 1.165) is 26.6 Å². The molecule has 5 heteroatoms. The molecule has 2 heterocycles. The molecule has 0 unspecified atom stereocenters. The number of imidazole rings is 1. The molecule has 0 saturated carbocycles. The quantitative estimate of drug-likeness (QED) is 0.785. The molecule has 0 spiro atoms. The van der Waals surface area contributed by atoms with Crippen molar-refractivity contribution < 1.29 is 4.79 Å². The highest BCUT2D eigenvalue weighted by Crippen LogP contribution is 2.27. The van der Waals surface area contributed by atoms with Gasteiger partial charge in [-0.25, -0.2) is 4.98 Å². The lowest BCUT2D eigenvalue weighted by molar-refractivity contribution is 0.0942. The van der Waals surface area contributed by atoms with Gasteiger partial charge in [0.2, 0.25) is 0 Å². The number of thiazole rings is 1. The van der Waals surface area contributed by atoms with Crippen molar-refractivity contribution in [1.29, 1.82) is 0 Å². The summed E-state index contributed by atoms with van der Waals surface area (Å²) in [5.74, 6) is -0.0120. The summed E-state index contributed by atoms with van der Waals surface area (Å²) in [5.41, 5.74) is 3.05. The minimum Gasteiger partial charge on any atom is -0.351 e. The van der Waals surface area contributed by atoms with Gasteiger partial charge in [0.15, 0.2) is 4.96 Å². The molecule has 1 aromatic carbocycles. The van der Waals surface area contributed by atoms with Crippen LogP contribution >= 0.6 is 11.3 Å².